The minimum absolute atomic E-state index is 0.0993. The molecule has 1 saturated heterocycles. The second-order valence-corrected chi connectivity index (χ2v) is 5.26. The Balaban J connectivity index is 2.33. The summed E-state index contributed by atoms with van der Waals surface area (Å²) in [4.78, 5) is 15.7. The van der Waals surface area contributed by atoms with E-state index < -0.39 is 5.60 Å². The maximum absolute atomic E-state index is 11.8. The maximum Gasteiger partial charge on any atom is 0.410 e. The van der Waals surface area contributed by atoms with Gasteiger partial charge in [-0.05, 0) is 20.8 Å². The number of aliphatic hydroxyl groups is 1. The Labute approximate surface area is 109 Å². The van der Waals surface area contributed by atoms with Crippen LogP contribution in [-0.4, -0.2) is 65.9 Å². The van der Waals surface area contributed by atoms with E-state index in [1.807, 2.05) is 20.8 Å². The third kappa shape index (κ3) is 5.39. The van der Waals surface area contributed by atoms with Gasteiger partial charge in [-0.2, -0.15) is 0 Å². The van der Waals surface area contributed by atoms with Crippen LogP contribution >= 0.6 is 0 Å². The van der Waals surface area contributed by atoms with Gasteiger partial charge < -0.3 is 14.7 Å². The average Bonchev–Trinajstić information content (AvgIpc) is 2.28. The van der Waals surface area contributed by atoms with Crippen molar-refractivity contribution in [1.82, 2.24) is 9.80 Å². The first-order chi connectivity index (χ1) is 8.42. The zero-order valence-corrected chi connectivity index (χ0v) is 11.4. The SMILES string of the molecule is CC(C)(C)OC(=O)N1CCN(CC#CCO)CC1. The second-order valence-electron chi connectivity index (χ2n) is 5.26. The lowest BCUT2D eigenvalue weighted by atomic mass is 10.2. The molecule has 0 unspecified atom stereocenters. The molecule has 18 heavy (non-hydrogen) atoms. The normalized spacial score (nSPS) is 17.0. The summed E-state index contributed by atoms with van der Waals surface area (Å²) in [5, 5.41) is 8.56. The number of rotatable bonds is 1. The molecule has 1 N–H and O–H groups in total. The molecule has 0 aromatic rings. The third-order valence-electron chi connectivity index (χ3n) is 2.53. The van der Waals surface area contributed by atoms with E-state index in [1.165, 1.54) is 0 Å². The van der Waals surface area contributed by atoms with Crippen LogP contribution in [0.2, 0.25) is 0 Å². The molecular weight excluding hydrogens is 232 g/mol. The Morgan fingerprint density at radius 2 is 1.83 bits per heavy atom. The summed E-state index contributed by atoms with van der Waals surface area (Å²) in [5.74, 6) is 5.50. The molecule has 5 nitrogen and oxygen atoms in total. The van der Waals surface area contributed by atoms with Gasteiger partial charge in [0.25, 0.3) is 0 Å². The number of carbonyl (C=O) groups excluding carboxylic acids is 1. The van der Waals surface area contributed by atoms with Crippen LogP contribution in [0.5, 0.6) is 0 Å². The van der Waals surface area contributed by atoms with E-state index in [0.29, 0.717) is 19.6 Å². The molecule has 0 spiro atoms. The van der Waals surface area contributed by atoms with Crippen molar-refractivity contribution in [3.8, 4) is 11.8 Å². The summed E-state index contributed by atoms with van der Waals surface area (Å²) >= 11 is 0. The van der Waals surface area contributed by atoms with Crippen LogP contribution in [0.1, 0.15) is 20.8 Å². The van der Waals surface area contributed by atoms with Crippen LogP contribution in [0.3, 0.4) is 0 Å². The topological polar surface area (TPSA) is 53.0 Å². The lowest BCUT2D eigenvalue weighted by Crippen LogP contribution is -2.50. The van der Waals surface area contributed by atoms with E-state index in [9.17, 15) is 4.79 Å². The molecule has 1 amide bonds. The van der Waals surface area contributed by atoms with Crippen molar-refractivity contribution >= 4 is 6.09 Å². The molecule has 1 fully saturated rings. The molecule has 102 valence electrons. The molecular formula is C13H22N2O3. The van der Waals surface area contributed by atoms with Gasteiger partial charge in [-0.1, -0.05) is 11.8 Å². The first-order valence-electron chi connectivity index (χ1n) is 6.19. The van der Waals surface area contributed by atoms with Crippen molar-refractivity contribution in [3.05, 3.63) is 0 Å². The number of ether oxygens (including phenoxy) is 1. The highest BCUT2D eigenvalue weighted by Crippen LogP contribution is 2.11. The monoisotopic (exact) mass is 254 g/mol. The Morgan fingerprint density at radius 3 is 2.33 bits per heavy atom. The molecule has 0 bridgehead atoms. The van der Waals surface area contributed by atoms with Crippen LogP contribution < -0.4 is 0 Å². The molecule has 1 heterocycles. The van der Waals surface area contributed by atoms with Gasteiger partial charge in [0.1, 0.15) is 12.2 Å². The van der Waals surface area contributed by atoms with Crippen molar-refractivity contribution in [3.63, 3.8) is 0 Å². The number of amides is 1. The van der Waals surface area contributed by atoms with Crippen LogP contribution in [-0.2, 0) is 4.74 Å². The lowest BCUT2D eigenvalue weighted by Gasteiger charge is -2.34. The Kier molecular flexibility index (Phi) is 5.45. The van der Waals surface area contributed by atoms with E-state index in [4.69, 9.17) is 9.84 Å². The van der Waals surface area contributed by atoms with Gasteiger partial charge in [0, 0.05) is 26.2 Å². The zero-order valence-electron chi connectivity index (χ0n) is 11.4. The van der Waals surface area contributed by atoms with E-state index >= 15 is 0 Å². The first kappa shape index (κ1) is 14.8. The standard InChI is InChI=1S/C13H22N2O3/c1-13(2,3)18-12(17)15-9-7-14(8-10-15)6-4-5-11-16/h16H,6-11H2,1-3H3. The highest BCUT2D eigenvalue weighted by molar-refractivity contribution is 5.68. The van der Waals surface area contributed by atoms with Crippen LogP contribution in [0.15, 0.2) is 0 Å². The molecule has 0 saturated carbocycles. The molecule has 0 aromatic carbocycles. The van der Waals surface area contributed by atoms with Gasteiger partial charge in [0.15, 0.2) is 0 Å². The lowest BCUT2D eigenvalue weighted by molar-refractivity contribution is 0.0155. The number of nitrogens with zero attached hydrogens (tertiary/aromatic N) is 2. The quantitative estimate of drug-likeness (QED) is 0.694. The second kappa shape index (κ2) is 6.62. The van der Waals surface area contributed by atoms with E-state index in [1.54, 1.807) is 4.90 Å². The Morgan fingerprint density at radius 1 is 1.22 bits per heavy atom. The molecule has 5 heteroatoms. The van der Waals surface area contributed by atoms with E-state index in [0.717, 1.165) is 13.1 Å². The van der Waals surface area contributed by atoms with Crippen molar-refractivity contribution in [2.75, 3.05) is 39.3 Å². The van der Waals surface area contributed by atoms with Gasteiger partial charge in [-0.15, -0.1) is 0 Å². The van der Waals surface area contributed by atoms with Crippen LogP contribution in [0.4, 0.5) is 4.79 Å². The summed E-state index contributed by atoms with van der Waals surface area (Å²) in [6.45, 7) is 9.05. The summed E-state index contributed by atoms with van der Waals surface area (Å²) in [7, 11) is 0. The minimum Gasteiger partial charge on any atom is -0.444 e. The fourth-order valence-corrected chi connectivity index (χ4v) is 1.64. The summed E-state index contributed by atoms with van der Waals surface area (Å²) in [6.07, 6.45) is -0.247. The first-order valence-corrected chi connectivity index (χ1v) is 6.19. The van der Waals surface area contributed by atoms with E-state index in [-0.39, 0.29) is 12.7 Å². The fourth-order valence-electron chi connectivity index (χ4n) is 1.64. The van der Waals surface area contributed by atoms with Gasteiger partial charge in [-0.3, -0.25) is 4.90 Å². The third-order valence-corrected chi connectivity index (χ3v) is 2.53. The maximum atomic E-state index is 11.8. The highest BCUT2D eigenvalue weighted by Gasteiger charge is 2.25. The summed E-state index contributed by atoms with van der Waals surface area (Å²) in [6, 6.07) is 0. The Bertz CT molecular complexity index is 330. The highest BCUT2D eigenvalue weighted by atomic mass is 16.6. The number of piperazine rings is 1. The smallest absolute Gasteiger partial charge is 0.410 e. The predicted molar refractivity (Wildman–Crippen MR) is 69.1 cm³/mol. The molecule has 0 radical (unpaired) electrons. The van der Waals surface area contributed by atoms with Crippen molar-refractivity contribution in [1.29, 1.82) is 0 Å². The largest absolute Gasteiger partial charge is 0.444 e. The predicted octanol–water partition coefficient (Wildman–Crippen LogP) is 0.535. The van der Waals surface area contributed by atoms with Crippen LogP contribution in [0, 0.1) is 11.8 Å². The molecule has 1 aliphatic heterocycles. The van der Waals surface area contributed by atoms with Gasteiger partial charge in [0.2, 0.25) is 0 Å². The molecule has 1 aliphatic rings. The molecule has 0 aromatic heterocycles. The van der Waals surface area contributed by atoms with Crippen molar-refractivity contribution in [2.45, 2.75) is 26.4 Å². The fraction of sp³-hybridized carbons (Fsp3) is 0.769. The van der Waals surface area contributed by atoms with Crippen LogP contribution in [0.25, 0.3) is 0 Å². The average molecular weight is 254 g/mol. The summed E-state index contributed by atoms with van der Waals surface area (Å²) in [5.41, 5.74) is -0.444. The Hall–Kier alpha value is -1.25. The van der Waals surface area contributed by atoms with Crippen molar-refractivity contribution in [2.24, 2.45) is 0 Å². The van der Waals surface area contributed by atoms with Gasteiger partial charge >= 0.3 is 6.09 Å². The minimum atomic E-state index is -0.444. The van der Waals surface area contributed by atoms with Gasteiger partial charge in [0.05, 0.1) is 6.54 Å². The van der Waals surface area contributed by atoms with E-state index in [2.05, 4.69) is 16.7 Å². The molecule has 0 atom stereocenters. The van der Waals surface area contributed by atoms with Crippen molar-refractivity contribution < 1.29 is 14.6 Å². The number of hydrogen-bond donors (Lipinski definition) is 1. The number of hydrogen-bond acceptors (Lipinski definition) is 4. The number of aliphatic hydroxyl groups excluding tert-OH is 1. The zero-order chi connectivity index (χ0) is 13.6. The molecule has 1 rings (SSSR count). The number of carbonyl (C=O) groups is 1. The summed E-state index contributed by atoms with van der Waals surface area (Å²) < 4.78 is 5.32. The van der Waals surface area contributed by atoms with Gasteiger partial charge in [-0.25, -0.2) is 4.79 Å². The molecule has 0 aliphatic carbocycles.